The highest BCUT2D eigenvalue weighted by molar-refractivity contribution is 5.84. The van der Waals surface area contributed by atoms with Crippen molar-refractivity contribution in [3.05, 3.63) is 240 Å². The monoisotopic (exact) mass is 861 g/mol. The lowest BCUT2D eigenvalue weighted by Crippen LogP contribution is -2.12. The number of para-hydroxylation sites is 2. The predicted molar refractivity (Wildman–Crippen MR) is 281 cm³/mol. The number of fused-ring (bicyclic) bond motifs is 4. The van der Waals surface area contributed by atoms with Gasteiger partial charge in [0.1, 0.15) is 0 Å². The first kappa shape index (κ1) is 44.4. The average molecular weight is 861 g/mol. The minimum Gasteiger partial charge on any atom is -0.361 e. The summed E-state index contributed by atoms with van der Waals surface area (Å²) in [6.45, 7) is 4.36. The fourth-order valence-electron chi connectivity index (χ4n) is 11.5. The van der Waals surface area contributed by atoms with E-state index in [1.807, 2.05) is 36.5 Å². The summed E-state index contributed by atoms with van der Waals surface area (Å²) in [6, 6.07) is 60.4. The van der Waals surface area contributed by atoms with Crippen LogP contribution < -0.4 is 0 Å². The lowest BCUT2D eigenvalue weighted by Gasteiger charge is -2.25. The van der Waals surface area contributed by atoms with Crippen molar-refractivity contribution in [2.75, 3.05) is 0 Å². The van der Waals surface area contributed by atoms with Gasteiger partial charge in [0.2, 0.25) is 0 Å². The Bertz CT molecular complexity index is 2870. The van der Waals surface area contributed by atoms with Crippen molar-refractivity contribution in [2.24, 2.45) is 17.3 Å². The molecule has 2 nitrogen and oxygen atoms in total. The van der Waals surface area contributed by atoms with Crippen LogP contribution in [-0.4, -0.2) is 9.97 Å². The summed E-state index contributed by atoms with van der Waals surface area (Å²) in [5.41, 5.74) is 14.8. The van der Waals surface area contributed by atoms with Crippen molar-refractivity contribution >= 4 is 33.5 Å². The first-order chi connectivity index (χ1) is 32.6. The molecule has 2 N–H and O–H groups in total. The van der Waals surface area contributed by atoms with Gasteiger partial charge in [0.05, 0.1) is 0 Å². The number of H-pyrrole nitrogens is 2. The minimum atomic E-state index is 0.410. The van der Waals surface area contributed by atoms with Gasteiger partial charge in [-0.05, 0) is 143 Å². The van der Waals surface area contributed by atoms with Crippen LogP contribution in [0.5, 0.6) is 0 Å². The zero-order chi connectivity index (χ0) is 45.0. The average Bonchev–Trinajstić information content (AvgIpc) is 4.12. The number of hydrogen-bond acceptors (Lipinski definition) is 0. The van der Waals surface area contributed by atoms with Gasteiger partial charge >= 0.3 is 0 Å². The summed E-state index contributed by atoms with van der Waals surface area (Å²) in [7, 11) is 0. The molecular formula is C64H64N2. The van der Waals surface area contributed by atoms with Crippen LogP contribution in [0.4, 0.5) is 0 Å². The Kier molecular flexibility index (Phi) is 14.4. The second-order valence-electron chi connectivity index (χ2n) is 18.7. The molecule has 5 atom stereocenters. The van der Waals surface area contributed by atoms with E-state index in [1.54, 1.807) is 11.1 Å². The Hall–Kier alpha value is -6.82. The van der Waals surface area contributed by atoms with E-state index >= 15 is 0 Å². The van der Waals surface area contributed by atoms with E-state index in [4.69, 9.17) is 6.42 Å². The maximum atomic E-state index is 5.15. The summed E-state index contributed by atoms with van der Waals surface area (Å²) in [5.74, 6) is 5.35. The van der Waals surface area contributed by atoms with Gasteiger partial charge in [0, 0.05) is 41.2 Å². The maximum absolute atomic E-state index is 5.15. The first-order valence-corrected chi connectivity index (χ1v) is 24.4. The quantitative estimate of drug-likeness (QED) is 0.0780. The molecule has 3 fully saturated rings. The molecule has 12 rings (SSSR count). The third-order valence-corrected chi connectivity index (χ3v) is 14.7. The van der Waals surface area contributed by atoms with Crippen LogP contribution in [0.1, 0.15) is 109 Å². The molecule has 3 saturated carbocycles. The van der Waals surface area contributed by atoms with E-state index in [-0.39, 0.29) is 0 Å². The summed E-state index contributed by atoms with van der Waals surface area (Å²) in [6.07, 6.45) is 29.6. The van der Waals surface area contributed by atoms with Crippen LogP contribution >= 0.6 is 0 Å². The highest BCUT2D eigenvalue weighted by Crippen LogP contribution is 2.76. The molecule has 4 aliphatic carbocycles. The number of rotatable bonds is 10. The molecule has 2 heteroatoms. The van der Waals surface area contributed by atoms with Gasteiger partial charge in [0.15, 0.2) is 0 Å². The Labute approximate surface area is 393 Å². The van der Waals surface area contributed by atoms with Crippen molar-refractivity contribution in [3.63, 3.8) is 0 Å². The van der Waals surface area contributed by atoms with E-state index in [0.717, 1.165) is 37.5 Å². The largest absolute Gasteiger partial charge is 0.361 e. The third-order valence-electron chi connectivity index (χ3n) is 14.7. The van der Waals surface area contributed by atoms with Gasteiger partial charge in [-0.25, -0.2) is 0 Å². The van der Waals surface area contributed by atoms with Crippen molar-refractivity contribution in [2.45, 2.75) is 82.5 Å². The number of allylic oxidation sites excluding steroid dienone is 4. The molecule has 4 aliphatic rings. The highest BCUT2D eigenvalue weighted by Gasteiger charge is 2.66. The number of nitrogens with one attached hydrogen (secondary N) is 2. The van der Waals surface area contributed by atoms with E-state index in [0.29, 0.717) is 17.3 Å². The Morgan fingerprint density at radius 3 is 2.21 bits per heavy atom. The van der Waals surface area contributed by atoms with Gasteiger partial charge in [-0.2, -0.15) is 0 Å². The Morgan fingerprint density at radius 2 is 1.44 bits per heavy atom. The molecule has 8 aromatic rings. The standard InChI is InChI=1S/C22H22.C21H21N.C13H14.C8H7N/c1-2-8-17(9-3-1)21-20-11-6-14-22(20,21)15-18-13-12-16-7-4-5-10-19(16)18;1-15-8-7-12-17(15)21(16-9-3-2-4-10-16)19-14-22-20-13-6-5-11-18(19)20;1-2-3-4-5-7-10-13-11-8-6-9-12-13;1-2-4-8-7(3-1)5-6-9-8/h1-5,7-10,13,20-21H,6,11-12,14-15H2;2-6,9-11,13-14,17,21-22H,1,7-8,12H2;1,6-12H,3-5H2;1-6,9H/b;;10-7+;/t20-,21-,22+;17-,21-;;/m01../s1. The fraction of sp³-hybridized carbons (Fsp3) is 0.250. The van der Waals surface area contributed by atoms with Crippen molar-refractivity contribution in [3.8, 4) is 12.3 Å². The molecule has 0 radical (unpaired) electrons. The molecule has 2 aromatic heterocycles. The molecule has 0 saturated heterocycles. The van der Waals surface area contributed by atoms with Crippen LogP contribution in [0.15, 0.2) is 207 Å². The molecule has 0 amide bonds. The van der Waals surface area contributed by atoms with E-state index in [9.17, 15) is 0 Å². The van der Waals surface area contributed by atoms with E-state index in [1.165, 1.54) is 100 Å². The molecule has 330 valence electrons. The SMILES string of the molecule is C#CCCC/C=C/c1ccccc1.C1=C(C[C@]23CCC[C@H]2[C@@H]3c2ccccc2)c2ccccc2C1.C=C1CCC[C@H]1[C@@H](c1ccccc1)c1c[nH]c2ccccc12.c1ccc2[nH]ccc2c1. The predicted octanol–water partition coefficient (Wildman–Crippen LogP) is 16.9. The van der Waals surface area contributed by atoms with Crippen LogP contribution in [0, 0.1) is 29.6 Å². The molecule has 0 spiro atoms. The molecule has 66 heavy (non-hydrogen) atoms. The second kappa shape index (κ2) is 21.4. The van der Waals surface area contributed by atoms with Crippen LogP contribution in [-0.2, 0) is 6.42 Å². The molecular weight excluding hydrogens is 797 g/mol. The maximum Gasteiger partial charge on any atom is 0.0457 e. The van der Waals surface area contributed by atoms with Gasteiger partial charge < -0.3 is 9.97 Å². The third kappa shape index (κ3) is 10.2. The first-order valence-electron chi connectivity index (χ1n) is 24.4. The second-order valence-corrected chi connectivity index (χ2v) is 18.7. The molecule has 0 aliphatic heterocycles. The highest BCUT2D eigenvalue weighted by atomic mass is 14.7. The van der Waals surface area contributed by atoms with E-state index in [2.05, 4.69) is 186 Å². The zero-order valence-electron chi connectivity index (χ0n) is 38.4. The normalized spacial score (nSPS) is 20.4. The molecule has 2 heterocycles. The van der Waals surface area contributed by atoms with Crippen LogP contribution in [0.2, 0.25) is 0 Å². The molecule has 0 bridgehead atoms. The van der Waals surface area contributed by atoms with Crippen LogP contribution in [0.3, 0.4) is 0 Å². The number of benzene rings is 6. The topological polar surface area (TPSA) is 31.6 Å². The number of terminal acetylenes is 1. The number of unbranched alkanes of at least 4 members (excludes halogenated alkanes) is 2. The number of aromatic amines is 2. The Morgan fingerprint density at radius 1 is 0.727 bits per heavy atom. The smallest absolute Gasteiger partial charge is 0.0457 e. The summed E-state index contributed by atoms with van der Waals surface area (Å²) >= 11 is 0. The van der Waals surface area contributed by atoms with Gasteiger partial charge in [-0.1, -0.05) is 188 Å². The van der Waals surface area contributed by atoms with Crippen LogP contribution in [0.25, 0.3) is 33.5 Å². The lowest BCUT2D eigenvalue weighted by atomic mass is 9.78. The summed E-state index contributed by atoms with van der Waals surface area (Å²) in [4.78, 5) is 6.57. The summed E-state index contributed by atoms with van der Waals surface area (Å²) in [5, 5.41) is 2.62. The lowest BCUT2D eigenvalue weighted by molar-refractivity contribution is 0.483. The number of aromatic nitrogens is 2. The van der Waals surface area contributed by atoms with Crippen molar-refractivity contribution in [1.29, 1.82) is 0 Å². The van der Waals surface area contributed by atoms with Gasteiger partial charge in [-0.3, -0.25) is 0 Å². The zero-order valence-corrected chi connectivity index (χ0v) is 38.4. The van der Waals surface area contributed by atoms with Gasteiger partial charge in [-0.15, -0.1) is 12.3 Å². The van der Waals surface area contributed by atoms with Crippen molar-refractivity contribution < 1.29 is 0 Å². The fourth-order valence-corrected chi connectivity index (χ4v) is 11.5. The van der Waals surface area contributed by atoms with Gasteiger partial charge in [0.25, 0.3) is 0 Å². The minimum absolute atomic E-state index is 0.410. The van der Waals surface area contributed by atoms with Crippen molar-refractivity contribution in [1.82, 2.24) is 9.97 Å². The number of hydrogen-bond donors (Lipinski definition) is 2. The Balaban J connectivity index is 0.000000117. The molecule has 6 aromatic carbocycles. The summed E-state index contributed by atoms with van der Waals surface area (Å²) < 4.78 is 0. The molecule has 0 unspecified atom stereocenters. The van der Waals surface area contributed by atoms with E-state index < -0.39 is 0 Å².